The highest BCUT2D eigenvalue weighted by Gasteiger charge is 2.35. The van der Waals surface area contributed by atoms with Gasteiger partial charge in [0.15, 0.2) is 5.13 Å². The molecule has 2 heterocycles. The van der Waals surface area contributed by atoms with Crippen molar-refractivity contribution in [1.82, 2.24) is 4.98 Å². The molecule has 0 amide bonds. The number of ether oxygens (including phenoxy) is 1. The number of thiazole rings is 1. The summed E-state index contributed by atoms with van der Waals surface area (Å²) in [5.74, 6) is 0.883. The second-order valence-electron chi connectivity index (χ2n) is 5.95. The van der Waals surface area contributed by atoms with Gasteiger partial charge in [-0.2, -0.15) is 0 Å². The summed E-state index contributed by atoms with van der Waals surface area (Å²) in [6.45, 7) is 2.30. The van der Waals surface area contributed by atoms with Crippen molar-refractivity contribution in [2.45, 2.75) is 57.7 Å². The molecule has 112 valence electrons. The van der Waals surface area contributed by atoms with E-state index in [1.807, 2.05) is 0 Å². The van der Waals surface area contributed by atoms with Crippen molar-refractivity contribution in [3.05, 3.63) is 10.6 Å². The topological polar surface area (TPSA) is 51.4 Å². The lowest BCUT2D eigenvalue weighted by Gasteiger charge is -2.29. The molecule has 3 rings (SSSR count). The maximum atomic E-state index is 5.85. The Labute approximate surface area is 125 Å². The molecule has 4 nitrogen and oxygen atoms in total. The lowest BCUT2D eigenvalue weighted by molar-refractivity contribution is 0.181. The summed E-state index contributed by atoms with van der Waals surface area (Å²) < 4.78 is 5.24. The minimum absolute atomic E-state index is 0.568. The van der Waals surface area contributed by atoms with Crippen molar-refractivity contribution >= 4 is 16.5 Å². The van der Waals surface area contributed by atoms with Gasteiger partial charge in [-0.15, -0.1) is 11.3 Å². The van der Waals surface area contributed by atoms with E-state index in [-0.39, 0.29) is 0 Å². The van der Waals surface area contributed by atoms with Crippen LogP contribution in [0.4, 0.5) is 5.13 Å². The number of aromatic nitrogens is 1. The normalized spacial score (nSPS) is 23.9. The van der Waals surface area contributed by atoms with Crippen LogP contribution < -0.4 is 10.6 Å². The van der Waals surface area contributed by atoms with Crippen LogP contribution in [0.15, 0.2) is 0 Å². The molecular formula is C15H25N3OS. The zero-order valence-electron chi connectivity index (χ0n) is 12.3. The Bertz CT molecular complexity index is 442. The summed E-state index contributed by atoms with van der Waals surface area (Å²) in [7, 11) is 1.72. The molecule has 1 aliphatic carbocycles. The number of rotatable bonds is 5. The van der Waals surface area contributed by atoms with E-state index >= 15 is 0 Å². The SMILES string of the molecule is COCc1nc(N2CCCC2C2CCCC2)sc1CN. The van der Waals surface area contributed by atoms with E-state index in [1.165, 1.54) is 48.5 Å². The Morgan fingerprint density at radius 1 is 1.30 bits per heavy atom. The predicted molar refractivity (Wildman–Crippen MR) is 83.0 cm³/mol. The Morgan fingerprint density at radius 3 is 2.80 bits per heavy atom. The first-order valence-corrected chi connectivity index (χ1v) is 8.59. The van der Waals surface area contributed by atoms with E-state index < -0.39 is 0 Å². The first kappa shape index (κ1) is 14.3. The molecule has 1 saturated carbocycles. The third-order valence-electron chi connectivity index (χ3n) is 4.72. The number of anilines is 1. The maximum Gasteiger partial charge on any atom is 0.186 e. The second-order valence-corrected chi connectivity index (χ2v) is 7.01. The fourth-order valence-electron chi connectivity index (χ4n) is 3.76. The Hall–Kier alpha value is -0.650. The van der Waals surface area contributed by atoms with Gasteiger partial charge in [-0.25, -0.2) is 4.98 Å². The predicted octanol–water partition coefficient (Wildman–Crippen LogP) is 2.91. The number of hydrogen-bond acceptors (Lipinski definition) is 5. The molecule has 1 aromatic heterocycles. The molecule has 1 aromatic rings. The molecule has 0 radical (unpaired) electrons. The van der Waals surface area contributed by atoms with Gasteiger partial charge in [-0.1, -0.05) is 12.8 Å². The standard InChI is InChI=1S/C15H25N3OS/c1-19-10-12-14(9-16)20-15(17-12)18-8-4-7-13(18)11-5-2-3-6-11/h11,13H,2-10,16H2,1H3. The summed E-state index contributed by atoms with van der Waals surface area (Å²) in [6.07, 6.45) is 8.27. The fourth-order valence-corrected chi connectivity index (χ4v) is 4.79. The van der Waals surface area contributed by atoms with Crippen LogP contribution >= 0.6 is 11.3 Å². The molecule has 0 spiro atoms. The molecule has 2 fully saturated rings. The highest BCUT2D eigenvalue weighted by Crippen LogP contribution is 2.39. The number of hydrogen-bond donors (Lipinski definition) is 1. The van der Waals surface area contributed by atoms with E-state index in [0.717, 1.165) is 18.2 Å². The van der Waals surface area contributed by atoms with Crippen LogP contribution in [0.3, 0.4) is 0 Å². The first-order chi connectivity index (χ1) is 9.83. The minimum atomic E-state index is 0.568. The van der Waals surface area contributed by atoms with E-state index in [0.29, 0.717) is 19.2 Å². The van der Waals surface area contributed by atoms with Gasteiger partial charge < -0.3 is 15.4 Å². The maximum absolute atomic E-state index is 5.85. The summed E-state index contributed by atoms with van der Waals surface area (Å²) >= 11 is 1.77. The zero-order chi connectivity index (χ0) is 13.9. The number of nitrogens with zero attached hydrogens (tertiary/aromatic N) is 2. The van der Waals surface area contributed by atoms with Gasteiger partial charge >= 0.3 is 0 Å². The number of nitrogens with two attached hydrogens (primary N) is 1. The average Bonchev–Trinajstić information content (AvgIpc) is 3.18. The highest BCUT2D eigenvalue weighted by molar-refractivity contribution is 7.15. The molecule has 2 aliphatic rings. The van der Waals surface area contributed by atoms with E-state index in [2.05, 4.69) is 4.90 Å². The van der Waals surface area contributed by atoms with Gasteiger partial charge in [0.05, 0.1) is 12.3 Å². The Balaban J connectivity index is 1.79. The molecule has 0 bridgehead atoms. The minimum Gasteiger partial charge on any atom is -0.378 e. The quantitative estimate of drug-likeness (QED) is 0.907. The molecule has 1 unspecified atom stereocenters. The summed E-state index contributed by atoms with van der Waals surface area (Å²) in [5.41, 5.74) is 6.88. The van der Waals surface area contributed by atoms with Crippen LogP contribution in [0.1, 0.15) is 49.1 Å². The summed E-state index contributed by atoms with van der Waals surface area (Å²) in [4.78, 5) is 8.55. The van der Waals surface area contributed by atoms with Crippen molar-refractivity contribution in [3.8, 4) is 0 Å². The van der Waals surface area contributed by atoms with Gasteiger partial charge in [0, 0.05) is 31.1 Å². The van der Waals surface area contributed by atoms with Crippen molar-refractivity contribution in [2.24, 2.45) is 11.7 Å². The van der Waals surface area contributed by atoms with Crippen LogP contribution in [0.2, 0.25) is 0 Å². The van der Waals surface area contributed by atoms with Gasteiger partial charge in [0.1, 0.15) is 0 Å². The van der Waals surface area contributed by atoms with Crippen LogP contribution in [0.25, 0.3) is 0 Å². The molecule has 1 aliphatic heterocycles. The fraction of sp³-hybridized carbons (Fsp3) is 0.800. The van der Waals surface area contributed by atoms with Gasteiger partial charge in [-0.3, -0.25) is 0 Å². The lowest BCUT2D eigenvalue weighted by Crippen LogP contribution is -2.34. The van der Waals surface area contributed by atoms with Crippen molar-refractivity contribution in [3.63, 3.8) is 0 Å². The van der Waals surface area contributed by atoms with E-state index in [1.54, 1.807) is 18.4 Å². The monoisotopic (exact) mass is 295 g/mol. The van der Waals surface area contributed by atoms with E-state index in [4.69, 9.17) is 15.5 Å². The molecular weight excluding hydrogens is 270 g/mol. The lowest BCUT2D eigenvalue weighted by atomic mass is 9.96. The molecule has 1 atom stereocenters. The van der Waals surface area contributed by atoms with Gasteiger partial charge in [-0.05, 0) is 31.6 Å². The molecule has 5 heteroatoms. The third-order valence-corrected chi connectivity index (χ3v) is 5.88. The Morgan fingerprint density at radius 2 is 2.10 bits per heavy atom. The van der Waals surface area contributed by atoms with Crippen molar-refractivity contribution in [1.29, 1.82) is 0 Å². The molecule has 20 heavy (non-hydrogen) atoms. The molecule has 1 saturated heterocycles. The van der Waals surface area contributed by atoms with Crippen LogP contribution in [0, 0.1) is 5.92 Å². The second kappa shape index (κ2) is 6.41. The number of methoxy groups -OCH3 is 1. The smallest absolute Gasteiger partial charge is 0.186 e. The largest absolute Gasteiger partial charge is 0.378 e. The van der Waals surface area contributed by atoms with Crippen LogP contribution in [-0.2, 0) is 17.9 Å². The third kappa shape index (κ3) is 2.71. The molecule has 0 aromatic carbocycles. The van der Waals surface area contributed by atoms with Gasteiger partial charge in [0.25, 0.3) is 0 Å². The Kier molecular flexibility index (Phi) is 4.58. The van der Waals surface area contributed by atoms with Crippen LogP contribution in [-0.4, -0.2) is 24.7 Å². The van der Waals surface area contributed by atoms with Gasteiger partial charge in [0.2, 0.25) is 0 Å². The molecule has 2 N–H and O–H groups in total. The highest BCUT2D eigenvalue weighted by atomic mass is 32.1. The van der Waals surface area contributed by atoms with Crippen molar-refractivity contribution in [2.75, 3.05) is 18.6 Å². The first-order valence-electron chi connectivity index (χ1n) is 7.77. The zero-order valence-corrected chi connectivity index (χ0v) is 13.1. The average molecular weight is 295 g/mol. The van der Waals surface area contributed by atoms with Crippen molar-refractivity contribution < 1.29 is 4.74 Å². The van der Waals surface area contributed by atoms with Crippen LogP contribution in [0.5, 0.6) is 0 Å². The summed E-state index contributed by atoms with van der Waals surface area (Å²) in [6, 6.07) is 0.713. The van der Waals surface area contributed by atoms with E-state index in [9.17, 15) is 0 Å². The summed E-state index contributed by atoms with van der Waals surface area (Å²) in [5, 5.41) is 1.17.